The SMILES string of the molecule is O=S(=O)(N1CCCCC1)N1CCCN(Cc2ccccc2)CC1. The van der Waals surface area contributed by atoms with Crippen molar-refractivity contribution in [1.82, 2.24) is 13.5 Å². The number of hydrogen-bond acceptors (Lipinski definition) is 3. The van der Waals surface area contributed by atoms with Crippen LogP contribution in [0.25, 0.3) is 0 Å². The molecule has 2 fully saturated rings. The van der Waals surface area contributed by atoms with Crippen molar-refractivity contribution in [2.75, 3.05) is 39.3 Å². The lowest BCUT2D eigenvalue weighted by atomic mass is 10.2. The predicted octanol–water partition coefficient (Wildman–Crippen LogP) is 1.92. The van der Waals surface area contributed by atoms with Crippen molar-refractivity contribution in [3.05, 3.63) is 35.9 Å². The van der Waals surface area contributed by atoms with Crippen molar-refractivity contribution in [3.63, 3.8) is 0 Å². The molecular formula is C17H27N3O2S. The predicted molar refractivity (Wildman–Crippen MR) is 92.3 cm³/mol. The molecule has 0 unspecified atom stereocenters. The van der Waals surface area contributed by atoms with Crippen LogP contribution in [0.1, 0.15) is 31.2 Å². The highest BCUT2D eigenvalue weighted by Gasteiger charge is 2.31. The molecule has 1 aromatic rings. The molecule has 5 nitrogen and oxygen atoms in total. The Hall–Kier alpha value is -0.950. The molecule has 0 aromatic heterocycles. The van der Waals surface area contributed by atoms with E-state index in [1.807, 2.05) is 6.07 Å². The highest BCUT2D eigenvalue weighted by Crippen LogP contribution is 2.18. The quantitative estimate of drug-likeness (QED) is 0.843. The minimum atomic E-state index is -3.26. The highest BCUT2D eigenvalue weighted by atomic mass is 32.2. The summed E-state index contributed by atoms with van der Waals surface area (Å²) < 4.78 is 29.0. The third-order valence-corrected chi connectivity index (χ3v) is 6.80. The van der Waals surface area contributed by atoms with Crippen molar-refractivity contribution in [2.24, 2.45) is 0 Å². The first-order valence-corrected chi connectivity index (χ1v) is 10.1. The monoisotopic (exact) mass is 337 g/mol. The zero-order valence-corrected chi connectivity index (χ0v) is 14.5. The van der Waals surface area contributed by atoms with E-state index < -0.39 is 10.2 Å². The molecular weight excluding hydrogens is 310 g/mol. The van der Waals surface area contributed by atoms with E-state index in [1.54, 1.807) is 8.61 Å². The first-order chi connectivity index (χ1) is 11.2. The lowest BCUT2D eigenvalue weighted by Gasteiger charge is -2.31. The smallest absolute Gasteiger partial charge is 0.282 e. The van der Waals surface area contributed by atoms with Gasteiger partial charge in [-0.1, -0.05) is 36.8 Å². The van der Waals surface area contributed by atoms with Crippen LogP contribution >= 0.6 is 0 Å². The number of benzene rings is 1. The maximum Gasteiger partial charge on any atom is 0.282 e. The summed E-state index contributed by atoms with van der Waals surface area (Å²) in [5, 5.41) is 0. The molecule has 0 saturated carbocycles. The van der Waals surface area contributed by atoms with E-state index in [-0.39, 0.29) is 0 Å². The van der Waals surface area contributed by atoms with Crippen LogP contribution in [-0.2, 0) is 16.8 Å². The van der Waals surface area contributed by atoms with Gasteiger partial charge >= 0.3 is 0 Å². The molecule has 0 bridgehead atoms. The van der Waals surface area contributed by atoms with Crippen molar-refractivity contribution >= 4 is 10.2 Å². The van der Waals surface area contributed by atoms with Crippen LogP contribution in [0, 0.1) is 0 Å². The number of nitrogens with zero attached hydrogens (tertiary/aromatic N) is 3. The van der Waals surface area contributed by atoms with E-state index in [2.05, 4.69) is 29.2 Å². The molecule has 0 atom stereocenters. The summed E-state index contributed by atoms with van der Waals surface area (Å²) in [6.45, 7) is 5.29. The van der Waals surface area contributed by atoms with Gasteiger partial charge in [0.2, 0.25) is 0 Å². The van der Waals surface area contributed by atoms with Gasteiger partial charge in [-0.25, -0.2) is 0 Å². The molecule has 23 heavy (non-hydrogen) atoms. The van der Waals surface area contributed by atoms with E-state index in [1.165, 1.54) is 5.56 Å². The largest absolute Gasteiger partial charge is 0.298 e. The van der Waals surface area contributed by atoms with Gasteiger partial charge in [0.05, 0.1) is 0 Å². The summed E-state index contributed by atoms with van der Waals surface area (Å²) in [6, 6.07) is 10.4. The summed E-state index contributed by atoms with van der Waals surface area (Å²) in [4.78, 5) is 2.36. The molecule has 0 amide bonds. The van der Waals surface area contributed by atoms with Gasteiger partial charge in [0.1, 0.15) is 0 Å². The summed E-state index contributed by atoms with van der Waals surface area (Å²) in [5.41, 5.74) is 1.29. The van der Waals surface area contributed by atoms with Crippen LogP contribution in [0.2, 0.25) is 0 Å². The minimum absolute atomic E-state index is 0.603. The van der Waals surface area contributed by atoms with Crippen molar-refractivity contribution < 1.29 is 8.42 Å². The van der Waals surface area contributed by atoms with Crippen molar-refractivity contribution in [1.29, 1.82) is 0 Å². The highest BCUT2D eigenvalue weighted by molar-refractivity contribution is 7.86. The van der Waals surface area contributed by atoms with Crippen LogP contribution in [0.15, 0.2) is 30.3 Å². The van der Waals surface area contributed by atoms with Crippen LogP contribution in [0.3, 0.4) is 0 Å². The number of rotatable bonds is 4. The molecule has 3 rings (SSSR count). The maximum atomic E-state index is 12.8. The third kappa shape index (κ3) is 4.32. The normalized spacial score (nSPS) is 22.8. The van der Waals surface area contributed by atoms with Crippen molar-refractivity contribution in [3.8, 4) is 0 Å². The Morgan fingerprint density at radius 1 is 0.739 bits per heavy atom. The molecule has 128 valence electrons. The van der Waals surface area contributed by atoms with Gasteiger partial charge in [-0.3, -0.25) is 4.90 Å². The second kappa shape index (κ2) is 7.75. The fourth-order valence-corrected chi connectivity index (χ4v) is 5.16. The molecule has 0 radical (unpaired) electrons. The fraction of sp³-hybridized carbons (Fsp3) is 0.647. The second-order valence-corrected chi connectivity index (χ2v) is 8.41. The summed E-state index contributed by atoms with van der Waals surface area (Å²) in [7, 11) is -3.26. The molecule has 2 aliphatic rings. The summed E-state index contributed by atoms with van der Waals surface area (Å²) >= 11 is 0. The number of piperidine rings is 1. The van der Waals surface area contributed by atoms with Gasteiger partial charge in [-0.15, -0.1) is 0 Å². The third-order valence-electron chi connectivity index (χ3n) is 4.76. The van der Waals surface area contributed by atoms with Gasteiger partial charge < -0.3 is 0 Å². The lowest BCUT2D eigenvalue weighted by Crippen LogP contribution is -2.47. The van der Waals surface area contributed by atoms with E-state index in [0.717, 1.165) is 45.3 Å². The van der Waals surface area contributed by atoms with E-state index in [4.69, 9.17) is 0 Å². The van der Waals surface area contributed by atoms with E-state index >= 15 is 0 Å². The van der Waals surface area contributed by atoms with Crippen LogP contribution in [0.5, 0.6) is 0 Å². The van der Waals surface area contributed by atoms with Gasteiger partial charge in [-0.05, 0) is 31.4 Å². The summed E-state index contributed by atoms with van der Waals surface area (Å²) in [6.07, 6.45) is 4.04. The zero-order valence-electron chi connectivity index (χ0n) is 13.7. The average Bonchev–Trinajstić information content (AvgIpc) is 2.83. The Kier molecular flexibility index (Phi) is 5.69. The van der Waals surface area contributed by atoms with Gasteiger partial charge in [0.25, 0.3) is 10.2 Å². The Bertz CT molecular complexity index is 585. The number of hydrogen-bond donors (Lipinski definition) is 0. The fourth-order valence-electron chi connectivity index (χ4n) is 3.44. The van der Waals surface area contributed by atoms with Gasteiger partial charge in [0.15, 0.2) is 0 Å². The van der Waals surface area contributed by atoms with Crippen LogP contribution in [-0.4, -0.2) is 61.2 Å². The van der Waals surface area contributed by atoms with Gasteiger partial charge in [-0.2, -0.15) is 17.0 Å². The summed E-state index contributed by atoms with van der Waals surface area (Å²) in [5.74, 6) is 0. The minimum Gasteiger partial charge on any atom is -0.298 e. The second-order valence-electron chi connectivity index (χ2n) is 6.48. The molecule has 2 saturated heterocycles. The molecule has 2 aliphatic heterocycles. The molecule has 0 aliphatic carbocycles. The topological polar surface area (TPSA) is 43.9 Å². The van der Waals surface area contributed by atoms with Gasteiger partial charge in [0, 0.05) is 39.3 Å². The average molecular weight is 337 g/mol. The molecule has 0 spiro atoms. The molecule has 6 heteroatoms. The van der Waals surface area contributed by atoms with E-state index in [9.17, 15) is 8.42 Å². The zero-order chi connectivity index (χ0) is 16.1. The van der Waals surface area contributed by atoms with Crippen LogP contribution < -0.4 is 0 Å². The Balaban J connectivity index is 1.59. The first-order valence-electron chi connectivity index (χ1n) is 8.68. The Labute approximate surface area is 140 Å². The Morgan fingerprint density at radius 2 is 1.39 bits per heavy atom. The van der Waals surface area contributed by atoms with Crippen LogP contribution in [0.4, 0.5) is 0 Å². The molecule has 1 aromatic carbocycles. The first kappa shape index (κ1) is 16.9. The molecule has 2 heterocycles. The van der Waals surface area contributed by atoms with E-state index in [0.29, 0.717) is 26.2 Å². The Morgan fingerprint density at radius 3 is 2.13 bits per heavy atom. The standard InChI is InChI=1S/C17H27N3O2S/c21-23(22,19-11-5-2-6-12-19)20-13-7-10-18(14-15-20)16-17-8-3-1-4-9-17/h1,3-4,8-9H,2,5-7,10-16H2. The maximum absolute atomic E-state index is 12.8. The molecule has 0 N–H and O–H groups in total. The van der Waals surface area contributed by atoms with Crippen molar-refractivity contribution in [2.45, 2.75) is 32.2 Å². The lowest BCUT2D eigenvalue weighted by molar-refractivity contribution is 0.272.